The van der Waals surface area contributed by atoms with Crippen LogP contribution >= 0.6 is 11.7 Å². The second-order valence-corrected chi connectivity index (χ2v) is 7.01. The van der Waals surface area contributed by atoms with Gasteiger partial charge in [-0.05, 0) is 42.0 Å². The number of aromatic nitrogens is 3. The molecule has 0 spiro atoms. The zero-order chi connectivity index (χ0) is 21.6. The number of urea groups is 1. The summed E-state index contributed by atoms with van der Waals surface area (Å²) < 4.78 is 14.1. The predicted molar refractivity (Wildman–Crippen MR) is 117 cm³/mol. The fraction of sp³-hybridized carbons (Fsp3) is 0.0952. The van der Waals surface area contributed by atoms with Gasteiger partial charge < -0.3 is 20.7 Å². The third kappa shape index (κ3) is 5.11. The number of carbonyl (C=O) groups is 2. The molecule has 4 rings (SSSR count). The fourth-order valence-electron chi connectivity index (χ4n) is 2.76. The summed E-state index contributed by atoms with van der Waals surface area (Å²) in [4.78, 5) is 27.8. The zero-order valence-corrected chi connectivity index (χ0v) is 17.3. The van der Waals surface area contributed by atoms with Crippen molar-refractivity contribution in [2.24, 2.45) is 0 Å². The molecular formula is C21H18N6O3S. The lowest BCUT2D eigenvalue weighted by Crippen LogP contribution is -2.28. The minimum Gasteiger partial charge on any atom is -0.457 e. The molecule has 10 heteroatoms. The molecule has 3 N–H and O–H groups in total. The van der Waals surface area contributed by atoms with E-state index in [4.69, 9.17) is 4.74 Å². The molecule has 2 aromatic carbocycles. The number of hydrogen-bond acceptors (Lipinski definition) is 7. The first kappa shape index (κ1) is 20.2. The summed E-state index contributed by atoms with van der Waals surface area (Å²) in [5, 5.41) is 8.11. The van der Waals surface area contributed by atoms with Crippen LogP contribution in [0.4, 0.5) is 10.5 Å². The van der Waals surface area contributed by atoms with Crippen LogP contribution in [0.15, 0.2) is 60.8 Å². The van der Waals surface area contributed by atoms with Crippen molar-refractivity contribution >= 4 is 40.4 Å². The molecule has 0 saturated carbocycles. The minimum absolute atomic E-state index is 0.275. The van der Waals surface area contributed by atoms with Crippen LogP contribution < -0.4 is 20.7 Å². The van der Waals surface area contributed by atoms with E-state index < -0.39 is 0 Å². The van der Waals surface area contributed by atoms with Gasteiger partial charge in [0.25, 0.3) is 5.91 Å². The van der Waals surface area contributed by atoms with Gasteiger partial charge in [-0.1, -0.05) is 12.1 Å². The van der Waals surface area contributed by atoms with Crippen molar-refractivity contribution < 1.29 is 14.3 Å². The van der Waals surface area contributed by atoms with Crippen LogP contribution in [0.1, 0.15) is 16.1 Å². The van der Waals surface area contributed by atoms with Gasteiger partial charge >= 0.3 is 6.03 Å². The Kier molecular flexibility index (Phi) is 5.99. The quantitative estimate of drug-likeness (QED) is 0.427. The van der Waals surface area contributed by atoms with Gasteiger partial charge in [-0.3, -0.25) is 9.78 Å². The summed E-state index contributed by atoms with van der Waals surface area (Å²) in [6.45, 7) is 0.350. The van der Waals surface area contributed by atoms with E-state index in [1.54, 1.807) is 43.4 Å². The molecule has 0 atom stereocenters. The molecular weight excluding hydrogens is 416 g/mol. The van der Waals surface area contributed by atoms with Crippen LogP contribution in [-0.4, -0.2) is 32.7 Å². The summed E-state index contributed by atoms with van der Waals surface area (Å²) >= 11 is 1.13. The summed E-state index contributed by atoms with van der Waals surface area (Å²) in [6.07, 6.45) is 1.51. The minimum atomic E-state index is -0.318. The Morgan fingerprint density at radius 3 is 2.58 bits per heavy atom. The van der Waals surface area contributed by atoms with Crippen LogP contribution in [0, 0.1) is 0 Å². The highest BCUT2D eigenvalue weighted by Crippen LogP contribution is 2.22. The van der Waals surface area contributed by atoms with Crippen molar-refractivity contribution in [3.05, 3.63) is 72.1 Å². The molecule has 0 bridgehead atoms. The Labute approximate surface area is 181 Å². The average Bonchev–Trinajstić information content (AvgIpc) is 3.26. The predicted octanol–water partition coefficient (Wildman–Crippen LogP) is 3.56. The van der Waals surface area contributed by atoms with Gasteiger partial charge in [0.05, 0.1) is 11.7 Å². The van der Waals surface area contributed by atoms with E-state index in [0.29, 0.717) is 23.7 Å². The molecule has 2 heterocycles. The van der Waals surface area contributed by atoms with Gasteiger partial charge in [-0.25, -0.2) is 4.79 Å². The molecule has 156 valence electrons. The maximum absolute atomic E-state index is 12.2. The third-order valence-electron chi connectivity index (χ3n) is 4.31. The molecule has 0 aliphatic carbocycles. The number of hydrogen-bond donors (Lipinski definition) is 3. The second-order valence-electron chi connectivity index (χ2n) is 6.48. The smallest absolute Gasteiger partial charge is 0.319 e. The van der Waals surface area contributed by atoms with Gasteiger partial charge in [0, 0.05) is 31.5 Å². The largest absolute Gasteiger partial charge is 0.457 e. The number of carbonyl (C=O) groups excluding carboxylic acids is 2. The highest BCUT2D eigenvalue weighted by molar-refractivity contribution is 7.00. The van der Waals surface area contributed by atoms with Crippen molar-refractivity contribution in [1.82, 2.24) is 24.4 Å². The van der Waals surface area contributed by atoms with E-state index in [1.807, 2.05) is 18.2 Å². The fourth-order valence-corrected chi connectivity index (χ4v) is 3.27. The Morgan fingerprint density at radius 1 is 0.968 bits per heavy atom. The summed E-state index contributed by atoms with van der Waals surface area (Å²) in [6, 6.07) is 15.6. The highest BCUT2D eigenvalue weighted by Gasteiger charge is 2.08. The highest BCUT2D eigenvalue weighted by atomic mass is 32.1. The summed E-state index contributed by atoms with van der Waals surface area (Å²) in [7, 11) is 1.54. The first-order valence-electron chi connectivity index (χ1n) is 9.33. The van der Waals surface area contributed by atoms with Crippen LogP contribution in [0.3, 0.4) is 0 Å². The number of rotatable bonds is 6. The molecule has 4 aromatic rings. The van der Waals surface area contributed by atoms with Gasteiger partial charge in [0.2, 0.25) is 0 Å². The Hall–Kier alpha value is -4.05. The van der Waals surface area contributed by atoms with E-state index in [1.165, 1.54) is 6.20 Å². The van der Waals surface area contributed by atoms with Gasteiger partial charge in [0.15, 0.2) is 0 Å². The number of anilines is 1. The number of pyridine rings is 1. The normalized spacial score (nSPS) is 10.5. The number of nitrogens with zero attached hydrogens (tertiary/aromatic N) is 3. The average molecular weight is 434 g/mol. The number of nitrogens with one attached hydrogen (secondary N) is 3. The first-order chi connectivity index (χ1) is 15.1. The van der Waals surface area contributed by atoms with Gasteiger partial charge in [0.1, 0.15) is 28.2 Å². The van der Waals surface area contributed by atoms with E-state index in [2.05, 4.69) is 29.7 Å². The van der Waals surface area contributed by atoms with Crippen molar-refractivity contribution in [1.29, 1.82) is 0 Å². The van der Waals surface area contributed by atoms with Crippen molar-refractivity contribution in [2.75, 3.05) is 12.4 Å². The molecule has 9 nitrogen and oxygen atoms in total. The SMILES string of the molecule is CNC(=O)c1cc(Oc2ccc(CNC(=O)Nc3ccc4nsnc4c3)cc2)ccn1. The maximum atomic E-state index is 12.2. The van der Waals surface area contributed by atoms with Crippen LogP contribution in [0.5, 0.6) is 11.5 Å². The molecule has 0 aliphatic heterocycles. The van der Waals surface area contributed by atoms with Crippen molar-refractivity contribution in [3.63, 3.8) is 0 Å². The lowest BCUT2D eigenvalue weighted by Gasteiger charge is -2.09. The zero-order valence-electron chi connectivity index (χ0n) is 16.5. The van der Waals surface area contributed by atoms with Crippen molar-refractivity contribution in [2.45, 2.75) is 6.54 Å². The number of fused-ring (bicyclic) bond motifs is 1. The number of benzene rings is 2. The van der Waals surface area contributed by atoms with E-state index in [9.17, 15) is 9.59 Å². The molecule has 31 heavy (non-hydrogen) atoms. The maximum Gasteiger partial charge on any atom is 0.319 e. The Bertz CT molecular complexity index is 1230. The molecule has 0 radical (unpaired) electrons. The molecule has 0 aliphatic rings. The van der Waals surface area contributed by atoms with E-state index in [-0.39, 0.29) is 17.6 Å². The van der Waals surface area contributed by atoms with Crippen LogP contribution in [-0.2, 0) is 6.54 Å². The Morgan fingerprint density at radius 2 is 1.77 bits per heavy atom. The van der Waals surface area contributed by atoms with Crippen LogP contribution in [0.2, 0.25) is 0 Å². The molecule has 0 saturated heterocycles. The topological polar surface area (TPSA) is 118 Å². The standard InChI is InChI=1S/C21H18N6O3S/c1-22-20(28)19-11-16(8-9-23-19)30-15-5-2-13(3-6-15)12-24-21(29)25-14-4-7-17-18(10-14)27-31-26-17/h2-11H,12H2,1H3,(H,22,28)(H2,24,25,29). The lowest BCUT2D eigenvalue weighted by atomic mass is 10.2. The van der Waals surface area contributed by atoms with Crippen LogP contribution in [0.25, 0.3) is 11.0 Å². The Balaban J connectivity index is 1.31. The molecule has 3 amide bonds. The second kappa shape index (κ2) is 9.18. The summed E-state index contributed by atoms with van der Waals surface area (Å²) in [5.74, 6) is 0.826. The van der Waals surface area contributed by atoms with Crippen molar-refractivity contribution in [3.8, 4) is 11.5 Å². The lowest BCUT2D eigenvalue weighted by molar-refractivity contribution is 0.0958. The molecule has 0 unspecified atom stereocenters. The van der Waals surface area contributed by atoms with E-state index >= 15 is 0 Å². The number of ether oxygens (including phenoxy) is 1. The molecule has 0 fully saturated rings. The number of amides is 3. The van der Waals surface area contributed by atoms with E-state index in [0.717, 1.165) is 28.3 Å². The monoisotopic (exact) mass is 434 g/mol. The van der Waals surface area contributed by atoms with Gasteiger partial charge in [-0.15, -0.1) is 0 Å². The molecule has 2 aromatic heterocycles. The summed E-state index contributed by atoms with van der Waals surface area (Å²) in [5.41, 5.74) is 3.37. The third-order valence-corrected chi connectivity index (χ3v) is 4.87. The first-order valence-corrected chi connectivity index (χ1v) is 10.1. The van der Waals surface area contributed by atoms with Gasteiger partial charge in [-0.2, -0.15) is 8.75 Å².